The minimum absolute atomic E-state index is 0.0505. The molecule has 0 amide bonds. The fourth-order valence-corrected chi connectivity index (χ4v) is 1.63. The molecule has 1 N–H and O–H groups in total. The van der Waals surface area contributed by atoms with Crippen LogP contribution in [0.2, 0.25) is 0 Å². The summed E-state index contributed by atoms with van der Waals surface area (Å²) in [5, 5.41) is 3.14. The van der Waals surface area contributed by atoms with Gasteiger partial charge >= 0.3 is 0 Å². The maximum Gasteiger partial charge on any atom is 0.229 e. The van der Waals surface area contributed by atoms with Gasteiger partial charge in [0.2, 0.25) is 17.7 Å². The van der Waals surface area contributed by atoms with Gasteiger partial charge < -0.3 is 19.2 Å². The van der Waals surface area contributed by atoms with Crippen LogP contribution >= 0.6 is 0 Å². The second-order valence-electron chi connectivity index (χ2n) is 4.09. The second kappa shape index (κ2) is 5.60. The highest BCUT2D eigenvalue weighted by atomic mass is 16.5. The number of nitrogens with zero attached hydrogens (tertiary/aromatic N) is 2. The highest BCUT2D eigenvalue weighted by molar-refractivity contribution is 5.35. The number of rotatable bonds is 5. The first-order valence-electron chi connectivity index (χ1n) is 5.92. The molecule has 2 aromatic heterocycles. The molecule has 0 aliphatic heterocycles. The third kappa shape index (κ3) is 3.15. The molecule has 6 heteroatoms. The zero-order valence-corrected chi connectivity index (χ0v) is 11.4. The quantitative estimate of drug-likeness (QED) is 0.894. The molecule has 0 aliphatic carbocycles. The summed E-state index contributed by atoms with van der Waals surface area (Å²) >= 11 is 0. The first-order chi connectivity index (χ1) is 9.12. The van der Waals surface area contributed by atoms with Crippen molar-refractivity contribution >= 4 is 5.95 Å². The Labute approximate surface area is 111 Å². The Morgan fingerprint density at radius 2 is 1.79 bits per heavy atom. The number of aryl methyl sites for hydroxylation is 1. The van der Waals surface area contributed by atoms with Crippen molar-refractivity contribution < 1.29 is 13.9 Å². The van der Waals surface area contributed by atoms with Crippen LogP contribution in [0, 0.1) is 6.92 Å². The van der Waals surface area contributed by atoms with Crippen LogP contribution in [-0.2, 0) is 0 Å². The number of furan rings is 1. The summed E-state index contributed by atoms with van der Waals surface area (Å²) in [6.07, 6.45) is 0. The standard InChI is InChI=1S/C13H17N3O3/c1-8-5-6-10(19-8)9(2)14-13-15-11(17-3)7-12(16-13)18-4/h5-7,9H,1-4H3,(H,14,15,16). The second-order valence-corrected chi connectivity index (χ2v) is 4.09. The molecule has 0 aromatic carbocycles. The fourth-order valence-electron chi connectivity index (χ4n) is 1.63. The van der Waals surface area contributed by atoms with E-state index in [1.807, 2.05) is 26.0 Å². The fraction of sp³-hybridized carbons (Fsp3) is 0.385. The number of nitrogens with one attached hydrogen (secondary N) is 1. The van der Waals surface area contributed by atoms with E-state index in [0.29, 0.717) is 17.7 Å². The molecule has 1 atom stereocenters. The minimum atomic E-state index is -0.0505. The van der Waals surface area contributed by atoms with E-state index in [1.54, 1.807) is 20.3 Å². The first-order valence-corrected chi connectivity index (χ1v) is 5.92. The highest BCUT2D eigenvalue weighted by Gasteiger charge is 2.12. The zero-order valence-electron chi connectivity index (χ0n) is 11.4. The molecule has 19 heavy (non-hydrogen) atoms. The number of aromatic nitrogens is 2. The van der Waals surface area contributed by atoms with Crippen molar-refractivity contribution in [2.75, 3.05) is 19.5 Å². The lowest BCUT2D eigenvalue weighted by atomic mass is 10.2. The molecule has 102 valence electrons. The van der Waals surface area contributed by atoms with Crippen LogP contribution in [-0.4, -0.2) is 24.2 Å². The van der Waals surface area contributed by atoms with E-state index in [0.717, 1.165) is 11.5 Å². The van der Waals surface area contributed by atoms with Gasteiger partial charge in [0.15, 0.2) is 0 Å². The summed E-state index contributed by atoms with van der Waals surface area (Å²) in [6, 6.07) is 5.41. The van der Waals surface area contributed by atoms with Crippen molar-refractivity contribution in [3.05, 3.63) is 29.7 Å². The predicted octanol–water partition coefficient (Wildman–Crippen LogP) is 2.57. The molecule has 1 unspecified atom stereocenters. The molecular weight excluding hydrogens is 246 g/mol. The van der Waals surface area contributed by atoms with Gasteiger partial charge in [0, 0.05) is 0 Å². The largest absolute Gasteiger partial charge is 0.481 e. The summed E-state index contributed by atoms with van der Waals surface area (Å²) in [6.45, 7) is 3.87. The topological polar surface area (TPSA) is 69.4 Å². The van der Waals surface area contributed by atoms with Gasteiger partial charge in [-0.05, 0) is 26.0 Å². The average Bonchev–Trinajstić information content (AvgIpc) is 2.85. The monoisotopic (exact) mass is 263 g/mol. The van der Waals surface area contributed by atoms with Crippen molar-refractivity contribution in [3.63, 3.8) is 0 Å². The van der Waals surface area contributed by atoms with E-state index in [-0.39, 0.29) is 6.04 Å². The number of hydrogen-bond donors (Lipinski definition) is 1. The van der Waals surface area contributed by atoms with Crippen molar-refractivity contribution in [1.82, 2.24) is 9.97 Å². The van der Waals surface area contributed by atoms with Crippen molar-refractivity contribution in [3.8, 4) is 11.8 Å². The smallest absolute Gasteiger partial charge is 0.229 e. The van der Waals surface area contributed by atoms with E-state index in [4.69, 9.17) is 13.9 Å². The van der Waals surface area contributed by atoms with Crippen LogP contribution in [0.15, 0.2) is 22.6 Å². The maximum absolute atomic E-state index is 5.55. The summed E-state index contributed by atoms with van der Waals surface area (Å²) in [4.78, 5) is 8.41. The lowest BCUT2D eigenvalue weighted by Crippen LogP contribution is -2.09. The summed E-state index contributed by atoms with van der Waals surface area (Å²) < 4.78 is 15.7. The molecule has 0 radical (unpaired) electrons. The van der Waals surface area contributed by atoms with Gasteiger partial charge in [-0.25, -0.2) is 0 Å². The van der Waals surface area contributed by atoms with Crippen LogP contribution in [0.5, 0.6) is 11.8 Å². The maximum atomic E-state index is 5.55. The Balaban J connectivity index is 2.18. The Morgan fingerprint density at radius 1 is 1.16 bits per heavy atom. The third-order valence-corrected chi connectivity index (χ3v) is 2.63. The third-order valence-electron chi connectivity index (χ3n) is 2.63. The number of hydrogen-bond acceptors (Lipinski definition) is 6. The highest BCUT2D eigenvalue weighted by Crippen LogP contribution is 2.22. The molecule has 2 rings (SSSR count). The van der Waals surface area contributed by atoms with Gasteiger partial charge in [-0.1, -0.05) is 0 Å². The van der Waals surface area contributed by atoms with Gasteiger partial charge in [0.05, 0.1) is 26.3 Å². The van der Waals surface area contributed by atoms with Gasteiger partial charge in [-0.15, -0.1) is 0 Å². The Hall–Kier alpha value is -2.24. The number of anilines is 1. The molecule has 2 aromatic rings. The number of methoxy groups -OCH3 is 2. The molecule has 0 bridgehead atoms. The van der Waals surface area contributed by atoms with E-state index in [9.17, 15) is 0 Å². The first kappa shape index (κ1) is 13.2. The molecule has 0 saturated heterocycles. The molecule has 2 heterocycles. The van der Waals surface area contributed by atoms with E-state index >= 15 is 0 Å². The molecular formula is C13H17N3O3. The molecule has 6 nitrogen and oxygen atoms in total. The minimum Gasteiger partial charge on any atom is -0.481 e. The number of ether oxygens (including phenoxy) is 2. The molecule has 0 saturated carbocycles. The van der Waals surface area contributed by atoms with Gasteiger partial charge in [0.25, 0.3) is 0 Å². The van der Waals surface area contributed by atoms with Gasteiger partial charge in [-0.2, -0.15) is 9.97 Å². The SMILES string of the molecule is COc1cc(OC)nc(NC(C)c2ccc(C)o2)n1. The van der Waals surface area contributed by atoms with E-state index in [2.05, 4.69) is 15.3 Å². The lowest BCUT2D eigenvalue weighted by Gasteiger charge is -2.12. The van der Waals surface area contributed by atoms with E-state index in [1.165, 1.54) is 0 Å². The van der Waals surface area contributed by atoms with Crippen molar-refractivity contribution in [2.45, 2.75) is 19.9 Å². The average molecular weight is 263 g/mol. The van der Waals surface area contributed by atoms with Crippen LogP contribution in [0.1, 0.15) is 24.5 Å². The summed E-state index contributed by atoms with van der Waals surface area (Å²) in [7, 11) is 3.09. The van der Waals surface area contributed by atoms with Gasteiger partial charge in [0.1, 0.15) is 11.5 Å². The zero-order chi connectivity index (χ0) is 13.8. The van der Waals surface area contributed by atoms with Crippen molar-refractivity contribution in [1.29, 1.82) is 0 Å². The summed E-state index contributed by atoms with van der Waals surface area (Å²) in [5.41, 5.74) is 0. The normalized spacial score (nSPS) is 12.0. The van der Waals surface area contributed by atoms with Crippen LogP contribution in [0.4, 0.5) is 5.95 Å². The Morgan fingerprint density at radius 3 is 2.26 bits per heavy atom. The van der Waals surface area contributed by atoms with E-state index < -0.39 is 0 Å². The molecule has 0 fully saturated rings. The van der Waals surface area contributed by atoms with Crippen LogP contribution in [0.25, 0.3) is 0 Å². The van der Waals surface area contributed by atoms with Gasteiger partial charge in [-0.3, -0.25) is 0 Å². The van der Waals surface area contributed by atoms with Crippen LogP contribution in [0.3, 0.4) is 0 Å². The predicted molar refractivity (Wildman–Crippen MR) is 70.6 cm³/mol. The Bertz CT molecular complexity index is 532. The summed E-state index contributed by atoms with van der Waals surface area (Å²) in [5.74, 6) is 3.00. The lowest BCUT2D eigenvalue weighted by molar-refractivity contribution is 0.372. The Kier molecular flexibility index (Phi) is 3.89. The molecule has 0 spiro atoms. The van der Waals surface area contributed by atoms with Crippen LogP contribution < -0.4 is 14.8 Å². The molecule has 0 aliphatic rings. The van der Waals surface area contributed by atoms with Crippen molar-refractivity contribution in [2.24, 2.45) is 0 Å².